The molecule has 17 heavy (non-hydrogen) atoms. The lowest BCUT2D eigenvalue weighted by molar-refractivity contribution is 0.563. The lowest BCUT2D eigenvalue weighted by Crippen LogP contribution is -2.47. The summed E-state index contributed by atoms with van der Waals surface area (Å²) in [6.45, 7) is 1.74. The fourth-order valence-corrected chi connectivity index (χ4v) is 4.73. The smallest absolute Gasteiger partial charge is 0.198 e. The molecule has 0 radical (unpaired) electrons. The van der Waals surface area contributed by atoms with Crippen molar-refractivity contribution in [2.75, 3.05) is 11.9 Å². The summed E-state index contributed by atoms with van der Waals surface area (Å²) in [5, 5.41) is 8.02. The van der Waals surface area contributed by atoms with E-state index < -0.39 is 15.1 Å². The molecule has 4 nitrogen and oxygen atoms in total. The van der Waals surface area contributed by atoms with Gasteiger partial charge >= 0.3 is 0 Å². The molecule has 2 atom stereocenters. The van der Waals surface area contributed by atoms with Crippen molar-refractivity contribution < 1.29 is 8.42 Å². The van der Waals surface area contributed by atoms with Gasteiger partial charge in [-0.05, 0) is 35.0 Å². The lowest BCUT2D eigenvalue weighted by Gasteiger charge is -2.36. The molecule has 90 valence electrons. The van der Waals surface area contributed by atoms with Crippen molar-refractivity contribution in [2.45, 2.75) is 23.1 Å². The van der Waals surface area contributed by atoms with Crippen LogP contribution in [0.1, 0.15) is 6.92 Å². The van der Waals surface area contributed by atoms with Crippen LogP contribution in [0.3, 0.4) is 0 Å². The van der Waals surface area contributed by atoms with Crippen LogP contribution in [-0.4, -0.2) is 26.8 Å². The fourth-order valence-electron chi connectivity index (χ4n) is 2.05. The van der Waals surface area contributed by atoms with E-state index in [-0.39, 0.29) is 10.9 Å². The zero-order valence-electron chi connectivity index (χ0n) is 9.38. The molecule has 1 aliphatic heterocycles. The van der Waals surface area contributed by atoms with Crippen LogP contribution >= 0.6 is 15.9 Å². The highest BCUT2D eigenvalue weighted by Crippen LogP contribution is 2.40. The van der Waals surface area contributed by atoms with Crippen molar-refractivity contribution in [1.29, 1.82) is 5.26 Å². The first-order valence-electron chi connectivity index (χ1n) is 5.06. The predicted octanol–water partition coefficient (Wildman–Crippen LogP) is 1.95. The Labute approximate surface area is 109 Å². The standard InChI is InChI=1S/C11H11BrN2O2S/c1-7-10(6-13)17(15,16)9-5-3-4-8(12)11(9)14(7)2/h3-5,7,10H,1-2H3. The van der Waals surface area contributed by atoms with Gasteiger partial charge in [0, 0.05) is 11.5 Å². The third-order valence-electron chi connectivity index (χ3n) is 3.12. The Kier molecular flexibility index (Phi) is 2.92. The molecule has 2 unspecified atom stereocenters. The van der Waals surface area contributed by atoms with E-state index in [1.165, 1.54) is 0 Å². The van der Waals surface area contributed by atoms with Crippen molar-refractivity contribution in [3.05, 3.63) is 22.7 Å². The number of fused-ring (bicyclic) bond motifs is 1. The zero-order chi connectivity index (χ0) is 12.8. The van der Waals surface area contributed by atoms with Crippen molar-refractivity contribution in [3.63, 3.8) is 0 Å². The molecule has 1 aromatic rings. The number of para-hydroxylation sites is 1. The summed E-state index contributed by atoms with van der Waals surface area (Å²) in [5.41, 5.74) is 0.631. The summed E-state index contributed by atoms with van der Waals surface area (Å²) in [5.74, 6) is 0. The number of nitrogens with zero attached hydrogens (tertiary/aromatic N) is 2. The van der Waals surface area contributed by atoms with Crippen LogP contribution in [0.25, 0.3) is 0 Å². The Morgan fingerprint density at radius 1 is 1.47 bits per heavy atom. The van der Waals surface area contributed by atoms with Gasteiger partial charge in [0.05, 0.1) is 22.7 Å². The molecular weight excluding hydrogens is 304 g/mol. The Balaban J connectivity index is 2.81. The summed E-state index contributed by atoms with van der Waals surface area (Å²) in [6.07, 6.45) is 0. The third-order valence-corrected chi connectivity index (χ3v) is 5.87. The van der Waals surface area contributed by atoms with Crippen LogP contribution in [0.4, 0.5) is 5.69 Å². The predicted molar refractivity (Wildman–Crippen MR) is 68.6 cm³/mol. The zero-order valence-corrected chi connectivity index (χ0v) is 11.8. The van der Waals surface area contributed by atoms with E-state index >= 15 is 0 Å². The van der Waals surface area contributed by atoms with E-state index in [1.54, 1.807) is 32.2 Å². The minimum absolute atomic E-state index is 0.221. The molecule has 2 rings (SSSR count). The number of rotatable bonds is 0. The first kappa shape index (κ1) is 12.4. The van der Waals surface area contributed by atoms with Crippen LogP contribution in [-0.2, 0) is 9.84 Å². The first-order valence-corrected chi connectivity index (χ1v) is 7.40. The van der Waals surface area contributed by atoms with Crippen molar-refractivity contribution in [3.8, 4) is 6.07 Å². The highest BCUT2D eigenvalue weighted by atomic mass is 79.9. The molecule has 0 aromatic heterocycles. The fraction of sp³-hybridized carbons (Fsp3) is 0.364. The molecule has 1 heterocycles. The van der Waals surface area contributed by atoms with Crippen LogP contribution in [0.15, 0.2) is 27.6 Å². The topological polar surface area (TPSA) is 61.2 Å². The Hall–Kier alpha value is -1.06. The molecule has 0 bridgehead atoms. The second-order valence-electron chi connectivity index (χ2n) is 4.03. The summed E-state index contributed by atoms with van der Waals surface area (Å²) >= 11 is 3.35. The van der Waals surface area contributed by atoms with Gasteiger partial charge in [0.2, 0.25) is 0 Å². The SMILES string of the molecule is CC1C(C#N)S(=O)(=O)c2cccc(Br)c2N1C. The number of halogens is 1. The average molecular weight is 315 g/mol. The van der Waals surface area contributed by atoms with Crippen LogP contribution < -0.4 is 4.90 Å². The van der Waals surface area contributed by atoms with Gasteiger partial charge in [0.1, 0.15) is 0 Å². The largest absolute Gasteiger partial charge is 0.368 e. The van der Waals surface area contributed by atoms with E-state index in [4.69, 9.17) is 5.26 Å². The summed E-state index contributed by atoms with van der Waals surface area (Å²) in [7, 11) is -1.77. The Morgan fingerprint density at radius 2 is 2.12 bits per heavy atom. The van der Waals surface area contributed by atoms with Gasteiger partial charge in [-0.15, -0.1) is 0 Å². The summed E-state index contributed by atoms with van der Waals surface area (Å²) in [4.78, 5) is 2.05. The number of benzene rings is 1. The van der Waals surface area contributed by atoms with E-state index in [0.717, 1.165) is 4.47 Å². The quantitative estimate of drug-likeness (QED) is 0.734. The molecule has 0 aliphatic carbocycles. The molecule has 1 aromatic carbocycles. The van der Waals surface area contributed by atoms with Gasteiger partial charge in [0.15, 0.2) is 15.1 Å². The number of nitriles is 1. The number of hydrogen-bond donors (Lipinski definition) is 0. The van der Waals surface area contributed by atoms with Crippen LogP contribution in [0, 0.1) is 11.3 Å². The molecular formula is C11H11BrN2O2S. The van der Waals surface area contributed by atoms with Gasteiger partial charge in [-0.3, -0.25) is 0 Å². The highest BCUT2D eigenvalue weighted by Gasteiger charge is 2.42. The summed E-state index contributed by atoms with van der Waals surface area (Å²) < 4.78 is 25.3. The van der Waals surface area contributed by atoms with Gasteiger partial charge in [-0.25, -0.2) is 8.42 Å². The number of anilines is 1. The van der Waals surface area contributed by atoms with Gasteiger partial charge < -0.3 is 4.90 Å². The Bertz CT molecular complexity index is 606. The maximum Gasteiger partial charge on any atom is 0.198 e. The van der Waals surface area contributed by atoms with E-state index in [2.05, 4.69) is 15.9 Å². The van der Waals surface area contributed by atoms with Crippen LogP contribution in [0.2, 0.25) is 0 Å². The van der Waals surface area contributed by atoms with E-state index in [0.29, 0.717) is 5.69 Å². The first-order chi connectivity index (χ1) is 7.91. The summed E-state index contributed by atoms with van der Waals surface area (Å²) in [6, 6.07) is 6.53. The molecule has 6 heteroatoms. The molecule has 1 aliphatic rings. The van der Waals surface area contributed by atoms with E-state index in [1.807, 2.05) is 11.0 Å². The highest BCUT2D eigenvalue weighted by molar-refractivity contribution is 9.10. The normalized spacial score (nSPS) is 26.1. The van der Waals surface area contributed by atoms with Gasteiger partial charge in [0.25, 0.3) is 0 Å². The molecule has 0 saturated heterocycles. The molecule has 0 saturated carbocycles. The van der Waals surface area contributed by atoms with Crippen LogP contribution in [0.5, 0.6) is 0 Å². The third kappa shape index (κ3) is 1.65. The number of sulfone groups is 1. The van der Waals surface area contributed by atoms with Crippen molar-refractivity contribution >= 4 is 31.5 Å². The minimum Gasteiger partial charge on any atom is -0.368 e. The lowest BCUT2D eigenvalue weighted by atomic mass is 10.2. The van der Waals surface area contributed by atoms with Crippen molar-refractivity contribution in [2.24, 2.45) is 0 Å². The minimum atomic E-state index is -3.57. The van der Waals surface area contributed by atoms with Gasteiger partial charge in [-0.1, -0.05) is 6.07 Å². The average Bonchev–Trinajstić information content (AvgIpc) is 2.26. The van der Waals surface area contributed by atoms with Crippen molar-refractivity contribution in [1.82, 2.24) is 0 Å². The second-order valence-corrected chi connectivity index (χ2v) is 6.92. The molecule has 0 fully saturated rings. The molecule has 0 amide bonds. The van der Waals surface area contributed by atoms with E-state index in [9.17, 15) is 8.42 Å². The second kappa shape index (κ2) is 4.00. The maximum atomic E-state index is 12.3. The van der Waals surface area contributed by atoms with Gasteiger partial charge in [-0.2, -0.15) is 5.26 Å². The Morgan fingerprint density at radius 3 is 2.71 bits per heavy atom. The monoisotopic (exact) mass is 314 g/mol. The number of hydrogen-bond acceptors (Lipinski definition) is 4. The molecule has 0 spiro atoms. The maximum absolute atomic E-state index is 12.3. The molecule has 0 N–H and O–H groups in total.